The molecule has 8 rings (SSSR count). The molecule has 0 unspecified atom stereocenters. The van der Waals surface area contributed by atoms with Crippen LogP contribution in [0.1, 0.15) is 61.7 Å². The van der Waals surface area contributed by atoms with E-state index in [1.165, 1.54) is 18.2 Å². The lowest BCUT2D eigenvalue weighted by molar-refractivity contribution is -0.274. The Morgan fingerprint density at radius 3 is 2.42 bits per heavy atom. The molecule has 20 heteroatoms. The molecule has 0 fully saturated rings. The highest BCUT2D eigenvalue weighted by molar-refractivity contribution is 7.99. The molecule has 3 N–H and O–H groups in total. The normalized spacial score (nSPS) is 13.6. The average molecular weight is 901 g/mol. The number of aliphatic imine (C=N–C) groups is 1. The Kier molecular flexibility index (Phi) is 12.0. The molecule has 318 valence electrons. The van der Waals surface area contributed by atoms with Crippen molar-refractivity contribution in [2.24, 2.45) is 4.99 Å². The van der Waals surface area contributed by atoms with Crippen LogP contribution in [0.5, 0.6) is 5.75 Å². The molecule has 62 heavy (non-hydrogen) atoms. The molecule has 1 aliphatic heterocycles. The van der Waals surface area contributed by atoms with Crippen LogP contribution >= 0.6 is 34.7 Å². The number of hydrogen-bond donors (Lipinski definition) is 3. The molecule has 7 aromatic rings. The van der Waals surface area contributed by atoms with Gasteiger partial charge in [-0.3, -0.25) is 23.9 Å². The Labute approximate surface area is 365 Å². The number of para-hydroxylation sites is 2. The molecule has 5 heterocycles. The summed E-state index contributed by atoms with van der Waals surface area (Å²) in [5.41, 5.74) is 5.05. The first-order valence-corrected chi connectivity index (χ1v) is 21.3. The minimum atomic E-state index is -4.97. The molecule has 0 bridgehead atoms. The van der Waals surface area contributed by atoms with E-state index in [1.54, 1.807) is 21.9 Å². The lowest BCUT2D eigenvalue weighted by Crippen LogP contribution is -2.36. The van der Waals surface area contributed by atoms with Crippen LogP contribution in [0.15, 0.2) is 89.0 Å². The minimum Gasteiger partial charge on any atom is -0.405 e. The summed E-state index contributed by atoms with van der Waals surface area (Å²) < 4.78 is 46.4. The van der Waals surface area contributed by atoms with Gasteiger partial charge in [-0.2, -0.15) is 5.10 Å². The van der Waals surface area contributed by atoms with Gasteiger partial charge in [0.25, 0.3) is 5.91 Å². The maximum absolute atomic E-state index is 13.4. The Hall–Kier alpha value is -6.31. The lowest BCUT2D eigenvalue weighted by atomic mass is 9.99. The van der Waals surface area contributed by atoms with Crippen LogP contribution in [0.25, 0.3) is 21.4 Å². The van der Waals surface area contributed by atoms with Crippen molar-refractivity contribution in [2.45, 2.75) is 51.3 Å². The number of rotatable bonds is 13. The van der Waals surface area contributed by atoms with Gasteiger partial charge in [0.1, 0.15) is 22.6 Å². The molecule has 0 radical (unpaired) electrons. The van der Waals surface area contributed by atoms with Crippen LogP contribution in [0, 0.1) is 20.8 Å². The molecule has 3 amide bonds. The molecule has 1 aliphatic rings. The number of aryl methyl sites for hydroxylation is 2. The third kappa shape index (κ3) is 9.00. The van der Waals surface area contributed by atoms with Crippen LogP contribution in [-0.2, 0) is 16.1 Å². The maximum atomic E-state index is 13.4. The summed E-state index contributed by atoms with van der Waals surface area (Å²) in [6.45, 7) is 6.19. The highest BCUT2D eigenvalue weighted by Gasteiger charge is 2.34. The number of fused-ring (bicyclic) bond motifs is 6. The van der Waals surface area contributed by atoms with E-state index in [1.807, 2.05) is 60.0 Å². The molecule has 0 saturated heterocycles. The number of thiophene rings is 1. The number of aromatic nitrogens is 6. The van der Waals surface area contributed by atoms with Gasteiger partial charge >= 0.3 is 6.36 Å². The number of nitrogens with zero attached hydrogens (tertiary/aromatic N) is 7. The molecule has 4 aromatic heterocycles. The molecule has 14 nitrogen and oxygen atoms in total. The van der Waals surface area contributed by atoms with Crippen LogP contribution in [-0.4, -0.2) is 78.0 Å². The summed E-state index contributed by atoms with van der Waals surface area (Å²) in [6, 6.07) is 20.9. The van der Waals surface area contributed by atoms with Crippen molar-refractivity contribution in [1.82, 2.24) is 45.3 Å². The van der Waals surface area contributed by atoms with Crippen LogP contribution in [0.3, 0.4) is 0 Å². The van der Waals surface area contributed by atoms with Crippen molar-refractivity contribution in [3.05, 3.63) is 128 Å². The van der Waals surface area contributed by atoms with E-state index < -0.39 is 24.1 Å². The minimum absolute atomic E-state index is 0.00900. The zero-order valence-corrected chi connectivity index (χ0v) is 35.6. The Morgan fingerprint density at radius 2 is 1.65 bits per heavy atom. The number of hydrogen-bond acceptors (Lipinski definition) is 11. The van der Waals surface area contributed by atoms with E-state index in [9.17, 15) is 27.6 Å². The van der Waals surface area contributed by atoms with E-state index in [4.69, 9.17) is 21.6 Å². The maximum Gasteiger partial charge on any atom is 0.573 e. The Morgan fingerprint density at radius 1 is 0.919 bits per heavy atom. The van der Waals surface area contributed by atoms with Gasteiger partial charge in [-0.25, -0.2) is 9.50 Å². The summed E-state index contributed by atoms with van der Waals surface area (Å²) >= 11 is 8.99. The van der Waals surface area contributed by atoms with Crippen LogP contribution < -0.4 is 20.7 Å². The van der Waals surface area contributed by atoms with Gasteiger partial charge in [-0.1, -0.05) is 65.8 Å². The zero-order valence-electron chi connectivity index (χ0n) is 33.2. The molecule has 1 atom stereocenters. The number of nitrogens with one attached hydrogen (secondary N) is 3. The number of benzene rings is 3. The van der Waals surface area contributed by atoms with E-state index >= 15 is 0 Å². The molecule has 0 spiro atoms. The first-order valence-electron chi connectivity index (χ1n) is 19.2. The van der Waals surface area contributed by atoms with Crippen LogP contribution in [0.4, 0.5) is 13.2 Å². The van der Waals surface area contributed by atoms with E-state index in [2.05, 4.69) is 49.8 Å². The number of amides is 3. The fraction of sp³-hybridized carbons (Fsp3) is 0.238. The Bertz CT molecular complexity index is 2890. The van der Waals surface area contributed by atoms with Gasteiger partial charge in [0.15, 0.2) is 11.0 Å². The number of halogens is 4. The summed E-state index contributed by atoms with van der Waals surface area (Å²) in [4.78, 5) is 50.4. The second kappa shape index (κ2) is 17.6. The predicted octanol–water partition coefficient (Wildman–Crippen LogP) is 7.24. The highest BCUT2D eigenvalue weighted by Crippen LogP contribution is 2.39. The fourth-order valence-electron chi connectivity index (χ4n) is 6.98. The van der Waals surface area contributed by atoms with Gasteiger partial charge < -0.3 is 20.7 Å². The molecule has 3 aromatic carbocycles. The first-order chi connectivity index (χ1) is 29.7. The molecule has 0 saturated carbocycles. The van der Waals surface area contributed by atoms with Gasteiger partial charge in [0.2, 0.25) is 11.8 Å². The summed E-state index contributed by atoms with van der Waals surface area (Å²) in [7, 11) is 0. The van der Waals surface area contributed by atoms with Gasteiger partial charge in [0, 0.05) is 39.5 Å². The smallest absolute Gasteiger partial charge is 0.405 e. The van der Waals surface area contributed by atoms with E-state index in [-0.39, 0.29) is 49.2 Å². The summed E-state index contributed by atoms with van der Waals surface area (Å²) in [5, 5.41) is 24.4. The quantitative estimate of drug-likeness (QED) is 0.0614. The predicted molar refractivity (Wildman–Crippen MR) is 229 cm³/mol. The topological polar surface area (TPSA) is 170 Å². The van der Waals surface area contributed by atoms with Crippen molar-refractivity contribution < 1.29 is 32.3 Å². The standard InChI is InChI=1S/C42H36ClF3N10O4S2/c1-22-23(2)62-40-36(22)37(25-12-14-26(43)15-13-25)50-31(38-53-52-24(3)55(38)40)19-34(57)47-16-17-48-35(58)21-61-41-51-30-10-6-4-8-28(30)32-18-27(54-56(32)41)20-49-39(59)29-9-5-7-11-33(29)60-42(44,45)46/h4-15,18,31H,16-17,19-21H2,1-3H3,(H,47,57)(H,48,58)(H,49,59)/t31-/m0/s1. The van der Waals surface area contributed by atoms with E-state index in [0.29, 0.717) is 38.6 Å². The highest BCUT2D eigenvalue weighted by atomic mass is 35.5. The van der Waals surface area contributed by atoms with Gasteiger partial charge in [-0.05, 0) is 62.7 Å². The summed E-state index contributed by atoms with van der Waals surface area (Å²) in [6.07, 6.45) is -4.98. The number of thioether (sulfide) groups is 1. The van der Waals surface area contributed by atoms with E-state index in [0.717, 1.165) is 55.5 Å². The number of alkyl halides is 3. The SMILES string of the molecule is Cc1sc2c(c1C)C(c1ccc(Cl)cc1)=N[C@@H](CC(=O)NCCNC(=O)CSc1nc3ccccc3c3cc(CNC(=O)c4ccccc4OC(F)(F)F)nn13)c1nnc(C)n1-2. The largest absolute Gasteiger partial charge is 0.573 e. The van der Waals surface area contributed by atoms with Crippen molar-refractivity contribution in [3.8, 4) is 10.8 Å². The van der Waals surface area contributed by atoms with Gasteiger partial charge in [0.05, 0.1) is 46.7 Å². The van der Waals surface area contributed by atoms with Crippen molar-refractivity contribution >= 4 is 74.6 Å². The third-order valence-corrected chi connectivity index (χ3v) is 12.3. The second-order valence-electron chi connectivity index (χ2n) is 14.2. The van der Waals surface area contributed by atoms with Crippen molar-refractivity contribution in [3.63, 3.8) is 0 Å². The average Bonchev–Trinajstić information content (AvgIpc) is 3.91. The second-order valence-corrected chi connectivity index (χ2v) is 16.8. The lowest BCUT2D eigenvalue weighted by Gasteiger charge is -2.13. The number of carbonyl (C=O) groups is 3. The fourth-order valence-corrected chi connectivity index (χ4v) is 9.11. The zero-order chi connectivity index (χ0) is 43.7. The Balaban J connectivity index is 0.898. The number of carbonyl (C=O) groups excluding carboxylic acids is 3. The monoisotopic (exact) mass is 900 g/mol. The van der Waals surface area contributed by atoms with Crippen molar-refractivity contribution in [2.75, 3.05) is 18.8 Å². The third-order valence-electron chi connectivity index (χ3n) is 9.96. The molecular weight excluding hydrogens is 865 g/mol. The van der Waals surface area contributed by atoms with Gasteiger partial charge in [-0.15, -0.1) is 34.7 Å². The summed E-state index contributed by atoms with van der Waals surface area (Å²) in [5.74, 6) is -0.793. The number of ether oxygens (including phenoxy) is 1. The van der Waals surface area contributed by atoms with Crippen LogP contribution in [0.2, 0.25) is 5.02 Å². The first kappa shape index (κ1) is 42.4. The molecule has 0 aliphatic carbocycles. The molecular formula is C42H36ClF3N10O4S2. The van der Waals surface area contributed by atoms with Crippen molar-refractivity contribution in [1.29, 1.82) is 0 Å².